The molecule has 2 heterocycles. The molecule has 1 aromatic carbocycles. The standard InChI is InChI=1S/C20H19F3N6O/c1-11-10-15(13-6-3-4-7-14(13)20(21,22)23)28-29-17(12(2)26-18(11)29)19(30)27-16(25)8-5-9-24/h3-10H,24-25H2,1-2H3,(H,27,30)/b9-5-,16-8+. The molecule has 5 N–H and O–H groups in total. The van der Waals surface area contributed by atoms with Crippen LogP contribution in [0.5, 0.6) is 0 Å². The third kappa shape index (κ3) is 3.97. The molecular formula is C20H19F3N6O. The van der Waals surface area contributed by atoms with E-state index in [2.05, 4.69) is 15.4 Å². The fraction of sp³-hybridized carbons (Fsp3) is 0.150. The molecule has 30 heavy (non-hydrogen) atoms. The average Bonchev–Trinajstić information content (AvgIpc) is 3.02. The van der Waals surface area contributed by atoms with Gasteiger partial charge in [0.1, 0.15) is 5.82 Å². The summed E-state index contributed by atoms with van der Waals surface area (Å²) in [5, 5.41) is 6.77. The molecule has 0 saturated carbocycles. The summed E-state index contributed by atoms with van der Waals surface area (Å²) < 4.78 is 41.6. The summed E-state index contributed by atoms with van der Waals surface area (Å²) in [6.07, 6.45) is -0.485. The maximum Gasteiger partial charge on any atom is 0.417 e. The SMILES string of the molecule is Cc1nc2c(C)cc(-c3ccccc3C(F)(F)F)nn2c1C(=O)N/C(N)=C/C=C\N. The molecule has 7 nitrogen and oxygen atoms in total. The van der Waals surface area contributed by atoms with Crippen LogP contribution in [0.25, 0.3) is 16.9 Å². The molecule has 3 rings (SSSR count). The summed E-state index contributed by atoms with van der Waals surface area (Å²) in [5.74, 6) is -0.571. The lowest BCUT2D eigenvalue weighted by Crippen LogP contribution is -2.29. The molecule has 0 saturated heterocycles. The van der Waals surface area contributed by atoms with E-state index < -0.39 is 17.6 Å². The van der Waals surface area contributed by atoms with Crippen LogP contribution in [-0.4, -0.2) is 20.5 Å². The van der Waals surface area contributed by atoms with Gasteiger partial charge in [-0.15, -0.1) is 0 Å². The molecule has 0 spiro atoms. The van der Waals surface area contributed by atoms with E-state index in [0.29, 0.717) is 16.9 Å². The number of nitrogens with zero attached hydrogens (tertiary/aromatic N) is 3. The van der Waals surface area contributed by atoms with Crippen molar-refractivity contribution in [1.29, 1.82) is 0 Å². The predicted molar refractivity (Wildman–Crippen MR) is 106 cm³/mol. The van der Waals surface area contributed by atoms with Gasteiger partial charge in [-0.2, -0.15) is 18.3 Å². The fourth-order valence-corrected chi connectivity index (χ4v) is 3.01. The quantitative estimate of drug-likeness (QED) is 0.566. The number of fused-ring (bicyclic) bond motifs is 1. The van der Waals surface area contributed by atoms with Gasteiger partial charge in [-0.25, -0.2) is 9.50 Å². The number of carbonyl (C=O) groups excluding carboxylic acids is 1. The highest BCUT2D eigenvalue weighted by Gasteiger charge is 2.34. The number of carbonyl (C=O) groups is 1. The Balaban J connectivity index is 2.17. The van der Waals surface area contributed by atoms with Crippen LogP contribution in [0, 0.1) is 13.8 Å². The van der Waals surface area contributed by atoms with Gasteiger partial charge in [0, 0.05) is 5.56 Å². The van der Waals surface area contributed by atoms with Crippen molar-refractivity contribution in [3.05, 3.63) is 77.0 Å². The normalized spacial score (nSPS) is 12.6. The topological polar surface area (TPSA) is 111 Å². The predicted octanol–water partition coefficient (Wildman–Crippen LogP) is 3.03. The number of halogens is 3. The first-order valence-electron chi connectivity index (χ1n) is 8.82. The van der Waals surface area contributed by atoms with Gasteiger partial charge in [0.25, 0.3) is 5.91 Å². The number of benzene rings is 1. The van der Waals surface area contributed by atoms with Gasteiger partial charge in [0.15, 0.2) is 11.3 Å². The number of amides is 1. The van der Waals surface area contributed by atoms with Crippen LogP contribution in [0.1, 0.15) is 27.3 Å². The zero-order valence-corrected chi connectivity index (χ0v) is 16.2. The highest BCUT2D eigenvalue weighted by atomic mass is 19.4. The smallest absolute Gasteiger partial charge is 0.405 e. The van der Waals surface area contributed by atoms with E-state index in [1.807, 2.05) is 0 Å². The van der Waals surface area contributed by atoms with Crippen molar-refractivity contribution >= 4 is 11.6 Å². The van der Waals surface area contributed by atoms with Gasteiger partial charge in [0.05, 0.1) is 17.0 Å². The van der Waals surface area contributed by atoms with E-state index in [9.17, 15) is 18.0 Å². The lowest BCUT2D eigenvalue weighted by atomic mass is 10.0. The molecule has 0 atom stereocenters. The van der Waals surface area contributed by atoms with Gasteiger partial charge in [-0.05, 0) is 49.9 Å². The van der Waals surface area contributed by atoms with Gasteiger partial charge in [-0.3, -0.25) is 4.79 Å². The molecule has 10 heteroatoms. The molecule has 0 radical (unpaired) electrons. The molecule has 1 amide bonds. The van der Waals surface area contributed by atoms with E-state index in [-0.39, 0.29) is 22.8 Å². The summed E-state index contributed by atoms with van der Waals surface area (Å²) in [7, 11) is 0. The van der Waals surface area contributed by atoms with Crippen molar-refractivity contribution in [1.82, 2.24) is 19.9 Å². The largest absolute Gasteiger partial charge is 0.417 e. The maximum absolute atomic E-state index is 13.5. The van der Waals surface area contributed by atoms with E-state index in [1.165, 1.54) is 47.1 Å². The van der Waals surface area contributed by atoms with E-state index in [4.69, 9.17) is 11.5 Å². The molecule has 0 unspecified atom stereocenters. The highest BCUT2D eigenvalue weighted by Crippen LogP contribution is 2.36. The van der Waals surface area contributed by atoms with E-state index >= 15 is 0 Å². The molecule has 0 bridgehead atoms. The van der Waals surface area contributed by atoms with E-state index in [1.54, 1.807) is 13.8 Å². The minimum absolute atomic E-state index is 0.0337. The highest BCUT2D eigenvalue weighted by molar-refractivity contribution is 5.95. The van der Waals surface area contributed by atoms with Crippen LogP contribution in [0.2, 0.25) is 0 Å². The van der Waals surface area contributed by atoms with Gasteiger partial charge < -0.3 is 16.8 Å². The Morgan fingerprint density at radius 3 is 2.60 bits per heavy atom. The zero-order chi connectivity index (χ0) is 22.1. The average molecular weight is 416 g/mol. The molecule has 0 aliphatic carbocycles. The fourth-order valence-electron chi connectivity index (χ4n) is 3.01. The summed E-state index contributed by atoms with van der Waals surface area (Å²) in [5.41, 5.74) is 11.4. The summed E-state index contributed by atoms with van der Waals surface area (Å²) in [6, 6.07) is 6.63. The first-order valence-corrected chi connectivity index (χ1v) is 8.82. The summed E-state index contributed by atoms with van der Waals surface area (Å²) in [6.45, 7) is 3.29. The number of nitrogens with two attached hydrogens (primary N) is 2. The van der Waals surface area contributed by atoms with Crippen LogP contribution < -0.4 is 16.8 Å². The Labute approximate surface area is 169 Å². The van der Waals surface area contributed by atoms with Crippen molar-refractivity contribution in [3.8, 4) is 11.3 Å². The van der Waals surface area contributed by atoms with Crippen LogP contribution >= 0.6 is 0 Å². The number of aromatic nitrogens is 3. The molecule has 3 aromatic rings. The van der Waals surface area contributed by atoms with Crippen molar-refractivity contribution in [2.75, 3.05) is 0 Å². The Hall–Kier alpha value is -3.82. The maximum atomic E-state index is 13.5. The number of imidazole rings is 1. The van der Waals surface area contributed by atoms with Crippen LogP contribution in [-0.2, 0) is 6.18 Å². The molecule has 0 aliphatic heterocycles. The molecule has 0 fully saturated rings. The monoisotopic (exact) mass is 416 g/mol. The number of hydrogen-bond acceptors (Lipinski definition) is 5. The Bertz CT molecular complexity index is 1180. The second-order valence-corrected chi connectivity index (χ2v) is 6.50. The Kier molecular flexibility index (Phi) is 5.50. The van der Waals surface area contributed by atoms with Crippen LogP contribution in [0.4, 0.5) is 13.2 Å². The minimum Gasteiger partial charge on any atom is -0.405 e. The van der Waals surface area contributed by atoms with Crippen LogP contribution in [0.15, 0.2) is 54.5 Å². The first-order chi connectivity index (χ1) is 14.1. The summed E-state index contributed by atoms with van der Waals surface area (Å²) >= 11 is 0. The minimum atomic E-state index is -4.55. The number of allylic oxidation sites excluding steroid dienone is 2. The molecule has 156 valence electrons. The lowest BCUT2D eigenvalue weighted by molar-refractivity contribution is -0.137. The van der Waals surface area contributed by atoms with Crippen molar-refractivity contribution < 1.29 is 18.0 Å². The number of aryl methyl sites for hydroxylation is 2. The van der Waals surface area contributed by atoms with Gasteiger partial charge in [0.2, 0.25) is 0 Å². The molecular weight excluding hydrogens is 397 g/mol. The molecule has 0 aliphatic rings. The van der Waals surface area contributed by atoms with Crippen molar-refractivity contribution in [2.24, 2.45) is 11.5 Å². The third-order valence-electron chi connectivity index (χ3n) is 4.31. The lowest BCUT2D eigenvalue weighted by Gasteiger charge is -2.13. The summed E-state index contributed by atoms with van der Waals surface area (Å²) in [4.78, 5) is 17.1. The van der Waals surface area contributed by atoms with E-state index in [0.717, 1.165) is 6.07 Å². The van der Waals surface area contributed by atoms with Gasteiger partial charge in [-0.1, -0.05) is 18.2 Å². The third-order valence-corrected chi connectivity index (χ3v) is 4.31. The number of alkyl halides is 3. The number of rotatable bonds is 4. The van der Waals surface area contributed by atoms with Gasteiger partial charge >= 0.3 is 6.18 Å². The Morgan fingerprint density at radius 1 is 1.23 bits per heavy atom. The number of nitrogens with one attached hydrogen (secondary N) is 1. The first kappa shape index (κ1) is 20.9. The van der Waals surface area contributed by atoms with Crippen molar-refractivity contribution in [2.45, 2.75) is 20.0 Å². The second kappa shape index (κ2) is 7.90. The second-order valence-electron chi connectivity index (χ2n) is 6.50. The molecule has 2 aromatic heterocycles. The number of hydrogen-bond donors (Lipinski definition) is 3. The van der Waals surface area contributed by atoms with Crippen molar-refractivity contribution in [3.63, 3.8) is 0 Å². The zero-order valence-electron chi connectivity index (χ0n) is 16.2. The Morgan fingerprint density at radius 2 is 1.93 bits per heavy atom. The van der Waals surface area contributed by atoms with Crippen LogP contribution in [0.3, 0.4) is 0 Å².